The van der Waals surface area contributed by atoms with Crippen LogP contribution in [0.4, 0.5) is 0 Å². The van der Waals surface area contributed by atoms with Gasteiger partial charge in [-0.1, -0.05) is 24.3 Å². The maximum atomic E-state index is 10.3. The Bertz CT molecular complexity index is 473. The van der Waals surface area contributed by atoms with Crippen LogP contribution in [0, 0.1) is 0 Å². The molecule has 0 bridgehead atoms. The van der Waals surface area contributed by atoms with Crippen LogP contribution in [-0.2, 0) is 9.59 Å². The first kappa shape index (κ1) is 17.1. The van der Waals surface area contributed by atoms with Crippen LogP contribution in [-0.4, -0.2) is 23.9 Å². The van der Waals surface area contributed by atoms with Crippen molar-refractivity contribution in [3.8, 4) is 0 Å². The third-order valence-corrected chi connectivity index (χ3v) is 1.90. The van der Waals surface area contributed by atoms with E-state index >= 15 is 0 Å². The van der Waals surface area contributed by atoms with Crippen molar-refractivity contribution in [2.24, 2.45) is 0 Å². The quantitative estimate of drug-likeness (QED) is 0.523. The van der Waals surface area contributed by atoms with E-state index in [9.17, 15) is 39.6 Å². The van der Waals surface area contributed by atoms with Crippen molar-refractivity contribution in [2.45, 2.75) is 12.8 Å². The predicted octanol–water partition coefficient (Wildman–Crippen LogP) is -4.32. The molecule has 0 aliphatic carbocycles. The number of carboxylic acids is 4. The Hall–Kier alpha value is -2.90. The third kappa shape index (κ3) is 6.74. The van der Waals surface area contributed by atoms with E-state index in [0.29, 0.717) is 0 Å². The SMILES string of the molecule is O=C([O-])CCC(=O)[O-].O=C([O-])c1ccccc1C(=O)[O-]. The van der Waals surface area contributed by atoms with E-state index in [4.69, 9.17) is 0 Å². The van der Waals surface area contributed by atoms with Crippen LogP contribution in [0.25, 0.3) is 0 Å². The molecule has 0 aliphatic heterocycles. The van der Waals surface area contributed by atoms with Crippen LogP contribution < -0.4 is 20.4 Å². The molecule has 108 valence electrons. The van der Waals surface area contributed by atoms with Crippen molar-refractivity contribution >= 4 is 23.9 Å². The molecule has 0 heterocycles. The molecule has 0 spiro atoms. The molecule has 8 nitrogen and oxygen atoms in total. The molecule has 0 saturated heterocycles. The Morgan fingerprint density at radius 3 is 1.20 bits per heavy atom. The third-order valence-electron chi connectivity index (χ3n) is 1.90. The Labute approximate surface area is 112 Å². The minimum Gasteiger partial charge on any atom is -0.550 e. The minimum atomic E-state index is -1.52. The van der Waals surface area contributed by atoms with Gasteiger partial charge >= 0.3 is 0 Å². The van der Waals surface area contributed by atoms with Gasteiger partial charge in [0.15, 0.2) is 0 Å². The van der Waals surface area contributed by atoms with Gasteiger partial charge in [-0.3, -0.25) is 0 Å². The number of carbonyl (C=O) groups excluding carboxylic acids is 4. The second-order valence-corrected chi connectivity index (χ2v) is 3.36. The summed E-state index contributed by atoms with van der Waals surface area (Å²) in [6.07, 6.45) is -0.940. The van der Waals surface area contributed by atoms with Gasteiger partial charge in [0.25, 0.3) is 0 Å². The smallest absolute Gasteiger partial charge is 0.0721 e. The molecule has 0 aromatic heterocycles. The first-order chi connectivity index (χ1) is 9.25. The monoisotopic (exact) mass is 280 g/mol. The molecule has 0 atom stereocenters. The largest absolute Gasteiger partial charge is 0.550 e. The number of carbonyl (C=O) groups is 4. The lowest BCUT2D eigenvalue weighted by Crippen LogP contribution is -2.29. The zero-order chi connectivity index (χ0) is 15.7. The highest BCUT2D eigenvalue weighted by Gasteiger charge is 2.01. The van der Waals surface area contributed by atoms with Gasteiger partial charge in [-0.15, -0.1) is 0 Å². The number of hydrogen-bond donors (Lipinski definition) is 0. The first-order valence-electron chi connectivity index (χ1n) is 5.17. The molecule has 0 saturated carbocycles. The maximum Gasteiger partial charge on any atom is 0.0721 e. The summed E-state index contributed by atoms with van der Waals surface area (Å²) in [5, 5.41) is 39.7. The second-order valence-electron chi connectivity index (χ2n) is 3.36. The summed E-state index contributed by atoms with van der Waals surface area (Å²) in [6.45, 7) is 0. The normalized spacial score (nSPS) is 9.00. The number of hydrogen-bond acceptors (Lipinski definition) is 8. The molecule has 0 fully saturated rings. The standard InChI is InChI=1S/C8H6O4.C4H6O4/c9-7(10)5-3-1-2-4-6(5)8(11)12;5-3(6)1-2-4(7)8/h1-4H,(H,9,10)(H,11,12);1-2H2,(H,5,6)(H,7,8)/p-4. The summed E-state index contributed by atoms with van der Waals surface area (Å²) < 4.78 is 0. The summed E-state index contributed by atoms with van der Waals surface area (Å²) >= 11 is 0. The lowest BCUT2D eigenvalue weighted by atomic mass is 10.1. The number of carboxylic acid groups (broad SMARTS) is 4. The number of rotatable bonds is 5. The Morgan fingerprint density at radius 2 is 1.00 bits per heavy atom. The summed E-state index contributed by atoms with van der Waals surface area (Å²) in [4.78, 5) is 39.7. The van der Waals surface area contributed by atoms with Gasteiger partial charge < -0.3 is 39.6 Å². The van der Waals surface area contributed by atoms with E-state index < -0.39 is 36.7 Å². The first-order valence-corrected chi connectivity index (χ1v) is 5.17. The van der Waals surface area contributed by atoms with Crippen LogP contribution in [0.3, 0.4) is 0 Å². The van der Waals surface area contributed by atoms with Crippen molar-refractivity contribution in [1.82, 2.24) is 0 Å². The van der Waals surface area contributed by atoms with Crippen molar-refractivity contribution in [3.63, 3.8) is 0 Å². The summed E-state index contributed by atoms with van der Waals surface area (Å²) in [7, 11) is 0. The van der Waals surface area contributed by atoms with E-state index in [-0.39, 0.29) is 11.1 Å². The summed E-state index contributed by atoms with van der Waals surface area (Å²) in [6, 6.07) is 5.14. The van der Waals surface area contributed by atoms with Crippen LogP contribution >= 0.6 is 0 Å². The molecule has 0 N–H and O–H groups in total. The molecule has 8 heteroatoms. The molecule has 0 unspecified atom stereocenters. The molecule has 0 radical (unpaired) electrons. The average molecular weight is 280 g/mol. The fourth-order valence-corrected chi connectivity index (χ4v) is 1.04. The van der Waals surface area contributed by atoms with E-state index in [1.807, 2.05) is 0 Å². The maximum absolute atomic E-state index is 10.3. The van der Waals surface area contributed by atoms with Crippen molar-refractivity contribution in [2.75, 3.05) is 0 Å². The second kappa shape index (κ2) is 8.25. The number of benzene rings is 1. The van der Waals surface area contributed by atoms with E-state index in [1.165, 1.54) is 12.1 Å². The van der Waals surface area contributed by atoms with Gasteiger partial charge in [0.05, 0.1) is 11.9 Å². The molecule has 0 aliphatic rings. The van der Waals surface area contributed by atoms with Crippen LogP contribution in [0.5, 0.6) is 0 Å². The van der Waals surface area contributed by atoms with Gasteiger partial charge in [0.2, 0.25) is 0 Å². The molecule has 20 heavy (non-hydrogen) atoms. The molecule has 1 aromatic rings. The zero-order valence-electron chi connectivity index (χ0n) is 9.99. The van der Waals surface area contributed by atoms with E-state index in [2.05, 4.69) is 0 Å². The minimum absolute atomic E-state index is 0.363. The highest BCUT2D eigenvalue weighted by Crippen LogP contribution is 2.05. The average Bonchev–Trinajstić information content (AvgIpc) is 2.37. The van der Waals surface area contributed by atoms with Gasteiger partial charge in [0, 0.05) is 23.1 Å². The highest BCUT2D eigenvalue weighted by atomic mass is 16.4. The fraction of sp³-hybridized carbons (Fsp3) is 0.167. The predicted molar refractivity (Wildman–Crippen MR) is 54.4 cm³/mol. The lowest BCUT2D eigenvalue weighted by molar-refractivity contribution is -0.315. The summed E-state index contributed by atoms with van der Waals surface area (Å²) in [5.74, 6) is -5.77. The van der Waals surface area contributed by atoms with Crippen molar-refractivity contribution in [3.05, 3.63) is 35.4 Å². The van der Waals surface area contributed by atoms with Crippen LogP contribution in [0.2, 0.25) is 0 Å². The van der Waals surface area contributed by atoms with Crippen molar-refractivity contribution < 1.29 is 39.6 Å². The van der Waals surface area contributed by atoms with E-state index in [0.717, 1.165) is 12.1 Å². The molecular formula is C12H8O8-4. The van der Waals surface area contributed by atoms with Gasteiger partial charge in [-0.2, -0.15) is 0 Å². The topological polar surface area (TPSA) is 161 Å². The number of aliphatic carboxylic acids is 2. The fourth-order valence-electron chi connectivity index (χ4n) is 1.04. The molecule has 1 aromatic carbocycles. The zero-order valence-corrected chi connectivity index (χ0v) is 9.99. The van der Waals surface area contributed by atoms with Crippen LogP contribution in [0.1, 0.15) is 33.6 Å². The van der Waals surface area contributed by atoms with Crippen LogP contribution in [0.15, 0.2) is 24.3 Å². The Balaban J connectivity index is 0.000000396. The van der Waals surface area contributed by atoms with E-state index in [1.54, 1.807) is 0 Å². The summed E-state index contributed by atoms with van der Waals surface area (Å²) in [5.41, 5.74) is -0.727. The lowest BCUT2D eigenvalue weighted by Gasteiger charge is -2.09. The molecule has 1 rings (SSSR count). The van der Waals surface area contributed by atoms with Crippen molar-refractivity contribution in [1.29, 1.82) is 0 Å². The van der Waals surface area contributed by atoms with Gasteiger partial charge in [-0.05, 0) is 12.8 Å². The van der Waals surface area contributed by atoms with Gasteiger partial charge in [-0.25, -0.2) is 0 Å². The molecule has 0 amide bonds. The Kier molecular flexibility index (Phi) is 7.05. The Morgan fingerprint density at radius 1 is 0.700 bits per heavy atom. The molecular weight excluding hydrogens is 272 g/mol. The number of aromatic carboxylic acids is 2. The highest BCUT2D eigenvalue weighted by molar-refractivity contribution is 5.99. The van der Waals surface area contributed by atoms with Gasteiger partial charge in [0.1, 0.15) is 0 Å².